The quantitative estimate of drug-likeness (QED) is 0.690. The first-order valence-corrected chi connectivity index (χ1v) is 7.70. The van der Waals surface area contributed by atoms with E-state index in [4.69, 9.17) is 10.00 Å². The van der Waals surface area contributed by atoms with Gasteiger partial charge in [-0.1, -0.05) is 0 Å². The fraction of sp³-hybridized carbons (Fsp3) is 0.643. The molecule has 0 aliphatic carbocycles. The molecule has 0 radical (unpaired) electrons. The van der Waals surface area contributed by atoms with Crippen LogP contribution < -0.4 is 4.90 Å². The Bertz CT molecular complexity index is 465. The number of hydrogen-bond donors (Lipinski definition) is 0. The zero-order valence-electron chi connectivity index (χ0n) is 12.3. The van der Waals surface area contributed by atoms with Crippen molar-refractivity contribution in [1.29, 1.82) is 5.26 Å². The predicted molar refractivity (Wildman–Crippen MR) is 79.8 cm³/mol. The monoisotopic (exact) mass is 295 g/mol. The molecule has 1 heterocycles. The molecular formula is C14H21N3O2S. The van der Waals surface area contributed by atoms with Crippen LogP contribution in [-0.2, 0) is 16.0 Å². The Morgan fingerprint density at radius 3 is 2.95 bits per heavy atom. The summed E-state index contributed by atoms with van der Waals surface area (Å²) in [6, 6.07) is 2.46. The summed E-state index contributed by atoms with van der Waals surface area (Å²) in [7, 11) is 0. The van der Waals surface area contributed by atoms with Crippen molar-refractivity contribution >= 4 is 22.4 Å². The summed E-state index contributed by atoms with van der Waals surface area (Å²) >= 11 is 1.55. The first-order valence-electron chi connectivity index (χ1n) is 6.82. The van der Waals surface area contributed by atoms with Gasteiger partial charge in [-0.05, 0) is 20.8 Å². The van der Waals surface area contributed by atoms with Gasteiger partial charge in [-0.25, -0.2) is 4.98 Å². The Kier molecular flexibility index (Phi) is 7.02. The number of nitrogens with zero attached hydrogens (tertiary/aromatic N) is 3. The van der Waals surface area contributed by atoms with Gasteiger partial charge in [0.05, 0.1) is 31.2 Å². The first kappa shape index (κ1) is 16.4. The van der Waals surface area contributed by atoms with E-state index in [1.807, 2.05) is 5.38 Å². The Morgan fingerprint density at radius 1 is 1.60 bits per heavy atom. The number of rotatable bonds is 8. The van der Waals surface area contributed by atoms with Gasteiger partial charge in [-0.3, -0.25) is 4.79 Å². The standard InChI is InChI=1S/C14H21N3O2S/c1-4-19-13(18)7-6-12-10-20-14(16-12)17(11(2)3)9-5-8-15/h10-11H,4-7,9H2,1-3H3. The van der Waals surface area contributed by atoms with Crippen molar-refractivity contribution in [2.24, 2.45) is 0 Å². The summed E-state index contributed by atoms with van der Waals surface area (Å²) in [4.78, 5) is 18.0. The van der Waals surface area contributed by atoms with Crippen LogP contribution in [0.25, 0.3) is 0 Å². The SMILES string of the molecule is CCOC(=O)CCc1csc(N(CCC#N)C(C)C)n1. The van der Waals surface area contributed by atoms with Crippen LogP contribution in [0.15, 0.2) is 5.38 Å². The molecule has 0 aromatic carbocycles. The lowest BCUT2D eigenvalue weighted by molar-refractivity contribution is -0.143. The largest absolute Gasteiger partial charge is 0.466 e. The molecule has 6 heteroatoms. The molecule has 0 atom stereocenters. The van der Waals surface area contributed by atoms with Gasteiger partial charge in [0, 0.05) is 24.4 Å². The van der Waals surface area contributed by atoms with E-state index >= 15 is 0 Å². The third kappa shape index (κ3) is 5.17. The minimum Gasteiger partial charge on any atom is -0.466 e. The van der Waals surface area contributed by atoms with E-state index in [9.17, 15) is 4.79 Å². The maximum Gasteiger partial charge on any atom is 0.306 e. The Hall–Kier alpha value is -1.61. The number of anilines is 1. The van der Waals surface area contributed by atoms with E-state index in [0.29, 0.717) is 38.5 Å². The van der Waals surface area contributed by atoms with Gasteiger partial charge in [0.25, 0.3) is 0 Å². The average molecular weight is 295 g/mol. The number of aryl methyl sites for hydroxylation is 1. The molecular weight excluding hydrogens is 274 g/mol. The molecule has 5 nitrogen and oxygen atoms in total. The molecule has 0 fully saturated rings. The van der Waals surface area contributed by atoms with Crippen LogP contribution in [0.4, 0.5) is 5.13 Å². The molecule has 0 saturated carbocycles. The maximum absolute atomic E-state index is 11.3. The summed E-state index contributed by atoms with van der Waals surface area (Å²) in [6.07, 6.45) is 1.44. The summed E-state index contributed by atoms with van der Waals surface area (Å²) < 4.78 is 4.90. The molecule has 1 rings (SSSR count). The highest BCUT2D eigenvalue weighted by Gasteiger charge is 2.14. The van der Waals surface area contributed by atoms with Gasteiger partial charge < -0.3 is 9.64 Å². The van der Waals surface area contributed by atoms with E-state index in [0.717, 1.165) is 10.8 Å². The second-order valence-corrected chi connectivity index (χ2v) is 5.46. The zero-order chi connectivity index (χ0) is 15.0. The van der Waals surface area contributed by atoms with E-state index < -0.39 is 0 Å². The lowest BCUT2D eigenvalue weighted by atomic mass is 10.2. The van der Waals surface area contributed by atoms with Crippen molar-refractivity contribution in [2.45, 2.75) is 46.1 Å². The third-order valence-corrected chi connectivity index (χ3v) is 3.69. The van der Waals surface area contributed by atoms with Crippen LogP contribution >= 0.6 is 11.3 Å². The average Bonchev–Trinajstić information content (AvgIpc) is 2.85. The van der Waals surface area contributed by atoms with Crippen molar-refractivity contribution in [2.75, 3.05) is 18.1 Å². The van der Waals surface area contributed by atoms with Crippen molar-refractivity contribution in [3.05, 3.63) is 11.1 Å². The number of carbonyl (C=O) groups is 1. The lowest BCUT2D eigenvalue weighted by Crippen LogP contribution is -2.31. The summed E-state index contributed by atoms with van der Waals surface area (Å²) in [5, 5.41) is 11.6. The topological polar surface area (TPSA) is 66.2 Å². The van der Waals surface area contributed by atoms with Crippen LogP contribution in [0.1, 0.15) is 39.3 Å². The first-order chi connectivity index (χ1) is 9.58. The van der Waals surface area contributed by atoms with Crippen molar-refractivity contribution in [3.8, 4) is 6.07 Å². The van der Waals surface area contributed by atoms with Crippen molar-refractivity contribution in [1.82, 2.24) is 4.98 Å². The fourth-order valence-electron chi connectivity index (χ4n) is 1.75. The highest BCUT2D eigenvalue weighted by molar-refractivity contribution is 7.13. The number of thiazole rings is 1. The van der Waals surface area contributed by atoms with Crippen LogP contribution in [0.3, 0.4) is 0 Å². The van der Waals surface area contributed by atoms with E-state index in [1.165, 1.54) is 0 Å². The smallest absolute Gasteiger partial charge is 0.306 e. The van der Waals surface area contributed by atoms with E-state index in [1.54, 1.807) is 18.3 Å². The van der Waals surface area contributed by atoms with E-state index in [-0.39, 0.29) is 5.97 Å². The Morgan fingerprint density at radius 2 is 2.35 bits per heavy atom. The van der Waals surface area contributed by atoms with Crippen molar-refractivity contribution < 1.29 is 9.53 Å². The van der Waals surface area contributed by atoms with Crippen LogP contribution in [0, 0.1) is 11.3 Å². The molecule has 0 aliphatic heterocycles. The zero-order valence-corrected chi connectivity index (χ0v) is 13.1. The van der Waals surface area contributed by atoms with Crippen molar-refractivity contribution in [3.63, 3.8) is 0 Å². The number of ether oxygens (including phenoxy) is 1. The molecule has 1 aromatic rings. The van der Waals surface area contributed by atoms with Gasteiger partial charge in [-0.15, -0.1) is 11.3 Å². The minimum absolute atomic E-state index is 0.188. The van der Waals surface area contributed by atoms with Crippen LogP contribution in [-0.4, -0.2) is 30.1 Å². The fourth-order valence-corrected chi connectivity index (χ4v) is 2.77. The molecule has 1 aromatic heterocycles. The van der Waals surface area contributed by atoms with E-state index in [2.05, 4.69) is 29.8 Å². The molecule has 20 heavy (non-hydrogen) atoms. The van der Waals surface area contributed by atoms with Gasteiger partial charge in [0.15, 0.2) is 5.13 Å². The number of carbonyl (C=O) groups excluding carboxylic acids is 1. The minimum atomic E-state index is -0.188. The Labute approximate surface area is 124 Å². The van der Waals surface area contributed by atoms with Gasteiger partial charge in [0.1, 0.15) is 0 Å². The molecule has 0 amide bonds. The van der Waals surface area contributed by atoms with Crippen LogP contribution in [0.5, 0.6) is 0 Å². The summed E-state index contributed by atoms with van der Waals surface area (Å²) in [5.41, 5.74) is 0.903. The predicted octanol–water partition coefficient (Wildman–Crippen LogP) is 2.77. The molecule has 0 N–H and O–H groups in total. The second kappa shape index (κ2) is 8.54. The normalized spacial score (nSPS) is 10.3. The lowest BCUT2D eigenvalue weighted by Gasteiger charge is -2.24. The number of hydrogen-bond acceptors (Lipinski definition) is 6. The number of esters is 1. The summed E-state index contributed by atoms with van der Waals surface area (Å²) in [5.74, 6) is -0.188. The van der Waals surface area contributed by atoms with Gasteiger partial charge in [-0.2, -0.15) is 5.26 Å². The molecule has 0 saturated heterocycles. The van der Waals surface area contributed by atoms with Gasteiger partial charge in [0.2, 0.25) is 0 Å². The molecule has 0 unspecified atom stereocenters. The number of aromatic nitrogens is 1. The highest BCUT2D eigenvalue weighted by Crippen LogP contribution is 2.23. The maximum atomic E-state index is 11.3. The highest BCUT2D eigenvalue weighted by atomic mass is 32.1. The Balaban J connectivity index is 2.60. The molecule has 110 valence electrons. The third-order valence-electron chi connectivity index (χ3n) is 2.76. The summed E-state index contributed by atoms with van der Waals surface area (Å²) in [6.45, 7) is 7.05. The van der Waals surface area contributed by atoms with Crippen LogP contribution in [0.2, 0.25) is 0 Å². The second-order valence-electron chi connectivity index (χ2n) is 4.62. The number of nitriles is 1. The molecule has 0 spiro atoms. The van der Waals surface area contributed by atoms with Gasteiger partial charge >= 0.3 is 5.97 Å². The molecule has 0 bridgehead atoms. The molecule has 0 aliphatic rings.